The molecule has 0 aliphatic carbocycles. The number of imide groups is 1. The lowest BCUT2D eigenvalue weighted by Crippen LogP contribution is -2.25. The summed E-state index contributed by atoms with van der Waals surface area (Å²) >= 11 is 1.02. The highest BCUT2D eigenvalue weighted by atomic mass is 32.2. The van der Waals surface area contributed by atoms with Crippen LogP contribution in [0.15, 0.2) is 53.7 Å². The first-order valence-corrected chi connectivity index (χ1v) is 9.58. The molecule has 1 aliphatic heterocycles. The van der Waals surface area contributed by atoms with E-state index in [1.807, 2.05) is 30.3 Å². The van der Waals surface area contributed by atoms with Gasteiger partial charge in [-0.05, 0) is 43.2 Å². The SMILES string of the molecule is C/C(=N/OCCOc1ccc(CC2SC(=O)NC2=O)cc1)c1cccc(O)c1. The Balaban J connectivity index is 1.41. The molecule has 2 aromatic carbocycles. The largest absolute Gasteiger partial charge is 0.508 e. The average Bonchev–Trinajstić information content (AvgIpc) is 2.99. The number of ether oxygens (including phenoxy) is 1. The van der Waals surface area contributed by atoms with Gasteiger partial charge < -0.3 is 14.7 Å². The molecule has 0 spiro atoms. The Morgan fingerprint density at radius 3 is 2.64 bits per heavy atom. The van der Waals surface area contributed by atoms with Gasteiger partial charge in [-0.1, -0.05) is 41.2 Å². The lowest BCUT2D eigenvalue weighted by molar-refractivity contribution is -0.118. The number of nitrogens with zero attached hydrogens (tertiary/aromatic N) is 1. The van der Waals surface area contributed by atoms with Gasteiger partial charge in [0.1, 0.15) is 18.1 Å². The van der Waals surface area contributed by atoms with E-state index in [0.29, 0.717) is 24.5 Å². The van der Waals surface area contributed by atoms with Crippen molar-refractivity contribution >= 4 is 28.6 Å². The fraction of sp³-hybridized carbons (Fsp3) is 0.250. The van der Waals surface area contributed by atoms with Crippen molar-refractivity contribution in [3.63, 3.8) is 0 Å². The third-order valence-electron chi connectivity index (χ3n) is 4.02. The molecular formula is C20H20N2O5S. The minimum absolute atomic E-state index is 0.178. The van der Waals surface area contributed by atoms with E-state index in [1.54, 1.807) is 25.1 Å². The third kappa shape index (κ3) is 5.50. The van der Waals surface area contributed by atoms with Crippen LogP contribution >= 0.6 is 11.8 Å². The van der Waals surface area contributed by atoms with Crippen molar-refractivity contribution in [3.8, 4) is 11.5 Å². The van der Waals surface area contributed by atoms with Crippen molar-refractivity contribution in [1.29, 1.82) is 0 Å². The molecule has 28 heavy (non-hydrogen) atoms. The van der Waals surface area contributed by atoms with Gasteiger partial charge >= 0.3 is 0 Å². The molecule has 1 unspecified atom stereocenters. The zero-order chi connectivity index (χ0) is 19.9. The van der Waals surface area contributed by atoms with Gasteiger partial charge in [-0.15, -0.1) is 0 Å². The maximum Gasteiger partial charge on any atom is 0.286 e. The summed E-state index contributed by atoms with van der Waals surface area (Å²) in [5.74, 6) is 0.618. The van der Waals surface area contributed by atoms with Crippen molar-refractivity contribution in [2.75, 3.05) is 13.2 Å². The number of phenols is 1. The number of aromatic hydroxyl groups is 1. The van der Waals surface area contributed by atoms with E-state index in [9.17, 15) is 14.7 Å². The van der Waals surface area contributed by atoms with E-state index in [2.05, 4.69) is 10.5 Å². The minimum atomic E-state index is -0.375. The molecule has 0 bridgehead atoms. The van der Waals surface area contributed by atoms with E-state index in [-0.39, 0.29) is 28.8 Å². The number of oxime groups is 1. The fourth-order valence-electron chi connectivity index (χ4n) is 2.59. The van der Waals surface area contributed by atoms with Crippen molar-refractivity contribution in [2.24, 2.45) is 5.16 Å². The number of amides is 2. The van der Waals surface area contributed by atoms with Crippen molar-refractivity contribution < 1.29 is 24.3 Å². The summed E-state index contributed by atoms with van der Waals surface area (Å²) in [7, 11) is 0. The number of hydrogen-bond acceptors (Lipinski definition) is 7. The van der Waals surface area contributed by atoms with Crippen molar-refractivity contribution in [3.05, 3.63) is 59.7 Å². The van der Waals surface area contributed by atoms with Crippen LogP contribution in [0.5, 0.6) is 11.5 Å². The second-order valence-electron chi connectivity index (χ2n) is 6.14. The first-order chi connectivity index (χ1) is 13.5. The van der Waals surface area contributed by atoms with Gasteiger partial charge in [-0.2, -0.15) is 0 Å². The lowest BCUT2D eigenvalue weighted by atomic mass is 10.1. The van der Waals surface area contributed by atoms with Crippen molar-refractivity contribution in [1.82, 2.24) is 5.32 Å². The quantitative estimate of drug-likeness (QED) is 0.401. The molecule has 8 heteroatoms. The van der Waals surface area contributed by atoms with Gasteiger partial charge in [0.15, 0.2) is 6.61 Å². The topological polar surface area (TPSA) is 97.2 Å². The highest BCUT2D eigenvalue weighted by Crippen LogP contribution is 2.23. The normalized spacial score (nSPS) is 16.8. The van der Waals surface area contributed by atoms with Crippen LogP contribution in [-0.2, 0) is 16.1 Å². The molecule has 1 saturated heterocycles. The highest BCUT2D eigenvalue weighted by molar-refractivity contribution is 8.15. The van der Waals surface area contributed by atoms with Crippen LogP contribution in [0.2, 0.25) is 0 Å². The first kappa shape index (κ1) is 19.8. The lowest BCUT2D eigenvalue weighted by Gasteiger charge is -2.08. The Hall–Kier alpha value is -3.00. The van der Waals surface area contributed by atoms with Gasteiger partial charge in [0.2, 0.25) is 5.91 Å². The monoisotopic (exact) mass is 400 g/mol. The summed E-state index contributed by atoms with van der Waals surface area (Å²) < 4.78 is 5.60. The zero-order valence-electron chi connectivity index (χ0n) is 15.3. The molecule has 1 aliphatic rings. The Morgan fingerprint density at radius 2 is 1.96 bits per heavy atom. The molecule has 0 radical (unpaired) electrons. The second kappa shape index (κ2) is 9.27. The molecule has 3 rings (SSSR count). The first-order valence-electron chi connectivity index (χ1n) is 8.70. The van der Waals surface area contributed by atoms with E-state index in [4.69, 9.17) is 9.57 Å². The van der Waals surface area contributed by atoms with Crippen LogP contribution in [0.4, 0.5) is 4.79 Å². The fourth-order valence-corrected chi connectivity index (χ4v) is 3.45. The van der Waals surface area contributed by atoms with Crippen LogP contribution in [0, 0.1) is 0 Å². The van der Waals surface area contributed by atoms with E-state index in [1.165, 1.54) is 0 Å². The number of hydrogen-bond donors (Lipinski definition) is 2. The average molecular weight is 400 g/mol. The summed E-state index contributed by atoms with van der Waals surface area (Å²) in [6.07, 6.45) is 0.495. The molecule has 1 heterocycles. The number of carbonyl (C=O) groups is 2. The maximum atomic E-state index is 11.6. The van der Waals surface area contributed by atoms with Gasteiger partial charge in [0.05, 0.1) is 11.0 Å². The molecule has 2 aromatic rings. The molecule has 2 N–H and O–H groups in total. The predicted molar refractivity (Wildman–Crippen MR) is 107 cm³/mol. The van der Waals surface area contributed by atoms with Gasteiger partial charge in [0.25, 0.3) is 5.24 Å². The van der Waals surface area contributed by atoms with Crippen LogP contribution in [0.3, 0.4) is 0 Å². The standard InChI is InChI=1S/C20H20N2O5S/c1-13(15-3-2-4-16(23)12-15)22-27-10-9-26-17-7-5-14(6-8-17)11-18-19(24)21-20(25)28-18/h2-8,12,18,23H,9-11H2,1H3,(H,21,24,25)/b22-13-. The molecule has 0 aromatic heterocycles. The smallest absolute Gasteiger partial charge is 0.286 e. The minimum Gasteiger partial charge on any atom is -0.508 e. The number of rotatable bonds is 8. The maximum absolute atomic E-state index is 11.6. The van der Waals surface area contributed by atoms with Gasteiger partial charge in [-0.25, -0.2) is 0 Å². The Labute approximate surface area is 166 Å². The van der Waals surface area contributed by atoms with Crippen LogP contribution in [0.25, 0.3) is 0 Å². The van der Waals surface area contributed by atoms with Crippen LogP contribution in [0.1, 0.15) is 18.1 Å². The highest BCUT2D eigenvalue weighted by Gasteiger charge is 2.31. The Morgan fingerprint density at radius 1 is 1.18 bits per heavy atom. The molecule has 0 saturated carbocycles. The molecule has 146 valence electrons. The third-order valence-corrected chi connectivity index (χ3v) is 5.00. The summed E-state index contributed by atoms with van der Waals surface area (Å²) in [6, 6.07) is 14.2. The van der Waals surface area contributed by atoms with E-state index in [0.717, 1.165) is 22.9 Å². The van der Waals surface area contributed by atoms with Gasteiger partial charge in [0, 0.05) is 5.56 Å². The number of thioether (sulfide) groups is 1. The van der Waals surface area contributed by atoms with Crippen molar-refractivity contribution in [2.45, 2.75) is 18.6 Å². The molecule has 2 amide bonds. The predicted octanol–water partition coefficient (Wildman–Crippen LogP) is 3.11. The molecular weight excluding hydrogens is 380 g/mol. The van der Waals surface area contributed by atoms with Crippen LogP contribution < -0.4 is 10.1 Å². The summed E-state index contributed by atoms with van der Waals surface area (Å²) in [5.41, 5.74) is 2.40. The molecule has 1 atom stereocenters. The number of phenolic OH excluding ortho intramolecular Hbond substituents is 1. The summed E-state index contributed by atoms with van der Waals surface area (Å²) in [6.45, 7) is 2.40. The molecule has 1 fully saturated rings. The zero-order valence-corrected chi connectivity index (χ0v) is 16.1. The molecule has 7 nitrogen and oxygen atoms in total. The van der Waals surface area contributed by atoms with E-state index >= 15 is 0 Å². The second-order valence-corrected chi connectivity index (χ2v) is 7.32. The van der Waals surface area contributed by atoms with E-state index < -0.39 is 0 Å². The van der Waals surface area contributed by atoms with Crippen LogP contribution in [-0.4, -0.2) is 40.4 Å². The Bertz CT molecular complexity index is 882. The Kier molecular flexibility index (Phi) is 6.54. The number of benzene rings is 2. The van der Waals surface area contributed by atoms with Gasteiger partial charge in [-0.3, -0.25) is 14.9 Å². The summed E-state index contributed by atoms with van der Waals surface area (Å²) in [5, 5.41) is 15.1. The number of nitrogens with one attached hydrogen (secondary N) is 1. The summed E-state index contributed by atoms with van der Waals surface area (Å²) in [4.78, 5) is 28.0. The number of carbonyl (C=O) groups excluding carboxylic acids is 2.